The second kappa shape index (κ2) is 9.30. The molecule has 10 heteroatoms. The molecule has 1 aromatic carbocycles. The Labute approximate surface area is 191 Å². The van der Waals surface area contributed by atoms with Gasteiger partial charge >= 0.3 is 0 Å². The third kappa shape index (κ3) is 4.75. The van der Waals surface area contributed by atoms with Gasteiger partial charge in [0.05, 0.1) is 23.1 Å². The molecule has 154 valence electrons. The number of anilines is 1. The number of nitrogens with zero attached hydrogens (tertiary/aromatic N) is 4. The molecule has 0 fully saturated rings. The van der Waals surface area contributed by atoms with Gasteiger partial charge in [0.25, 0.3) is 5.91 Å². The summed E-state index contributed by atoms with van der Waals surface area (Å²) in [6, 6.07) is 11.5. The average molecular weight is 476 g/mol. The molecular formula is C20H18ClN5OS3. The number of nitrogens with one attached hydrogen (secondary N) is 1. The highest BCUT2D eigenvalue weighted by atomic mass is 35.5. The number of rotatable bonds is 7. The third-order valence-electron chi connectivity index (χ3n) is 4.21. The first-order chi connectivity index (χ1) is 14.5. The molecular weight excluding hydrogens is 458 g/mol. The fraction of sp³-hybridized carbons (Fsp3) is 0.200. The average Bonchev–Trinajstić information content (AvgIpc) is 3.47. The first-order valence-corrected chi connectivity index (χ1v) is 12.2. The molecule has 4 rings (SSSR count). The van der Waals surface area contributed by atoms with Gasteiger partial charge in [-0.15, -0.1) is 21.5 Å². The number of hydrogen-bond acceptors (Lipinski definition) is 7. The van der Waals surface area contributed by atoms with Crippen LogP contribution in [-0.4, -0.2) is 25.9 Å². The number of hydrogen-bond donors (Lipinski definition) is 1. The highest BCUT2D eigenvalue weighted by Gasteiger charge is 2.22. The normalized spacial score (nSPS) is 11.2. The summed E-state index contributed by atoms with van der Waals surface area (Å²) in [4.78, 5) is 14.2. The molecule has 0 bridgehead atoms. The van der Waals surface area contributed by atoms with E-state index < -0.39 is 0 Å². The summed E-state index contributed by atoms with van der Waals surface area (Å²) in [6.45, 7) is 4.06. The predicted molar refractivity (Wildman–Crippen MR) is 124 cm³/mol. The number of benzene rings is 1. The lowest BCUT2D eigenvalue weighted by atomic mass is 10.1. The Kier molecular flexibility index (Phi) is 6.52. The van der Waals surface area contributed by atoms with Crippen molar-refractivity contribution in [2.45, 2.75) is 29.9 Å². The van der Waals surface area contributed by atoms with E-state index in [1.54, 1.807) is 46.1 Å². The predicted octanol–water partition coefficient (Wildman–Crippen LogP) is 6.11. The van der Waals surface area contributed by atoms with Gasteiger partial charge in [-0.1, -0.05) is 54.6 Å². The van der Waals surface area contributed by atoms with Gasteiger partial charge in [-0.05, 0) is 41.6 Å². The minimum absolute atomic E-state index is 0.0928. The van der Waals surface area contributed by atoms with Gasteiger partial charge in [0.1, 0.15) is 0 Å². The molecule has 6 nitrogen and oxygen atoms in total. The zero-order valence-electron chi connectivity index (χ0n) is 16.2. The van der Waals surface area contributed by atoms with E-state index in [0.717, 1.165) is 21.5 Å². The van der Waals surface area contributed by atoms with Crippen molar-refractivity contribution >= 4 is 57.1 Å². The van der Waals surface area contributed by atoms with Crippen molar-refractivity contribution in [2.75, 3.05) is 5.32 Å². The number of aromatic nitrogens is 4. The van der Waals surface area contributed by atoms with Crippen LogP contribution in [0.2, 0.25) is 5.02 Å². The molecule has 0 aliphatic heterocycles. The minimum atomic E-state index is -0.245. The van der Waals surface area contributed by atoms with E-state index in [2.05, 4.69) is 32.1 Å². The lowest BCUT2D eigenvalue weighted by Crippen LogP contribution is -2.15. The maximum atomic E-state index is 12.9. The van der Waals surface area contributed by atoms with Gasteiger partial charge in [0.15, 0.2) is 4.34 Å². The lowest BCUT2D eigenvalue weighted by Gasteiger charge is -2.12. The second-order valence-electron chi connectivity index (χ2n) is 6.68. The Morgan fingerprint density at radius 2 is 2.03 bits per heavy atom. The number of carbonyl (C=O) groups is 1. The van der Waals surface area contributed by atoms with E-state index in [4.69, 9.17) is 11.6 Å². The van der Waals surface area contributed by atoms with Gasteiger partial charge in [0, 0.05) is 15.7 Å². The molecule has 0 aliphatic rings. The zero-order valence-corrected chi connectivity index (χ0v) is 19.4. The van der Waals surface area contributed by atoms with Gasteiger partial charge in [0.2, 0.25) is 5.13 Å². The minimum Gasteiger partial charge on any atom is -0.296 e. The summed E-state index contributed by atoms with van der Waals surface area (Å²) >= 11 is 10.7. The fourth-order valence-electron chi connectivity index (χ4n) is 2.89. The standard InChI is InChI=1S/C20H18ClN5OS3/c1-12(2)17-16(10-22-26(17)14-7-5-13(21)6-8-14)18(27)23-19-24-25-20(30-19)29-11-15-4-3-9-28-15/h3-10,12H,11H2,1-2H3,(H,23,24,27). The highest BCUT2D eigenvalue weighted by molar-refractivity contribution is 8.00. The van der Waals surface area contributed by atoms with Crippen LogP contribution in [0.5, 0.6) is 0 Å². The van der Waals surface area contributed by atoms with Gasteiger partial charge in [-0.3, -0.25) is 10.1 Å². The fourth-order valence-corrected chi connectivity index (χ4v) is 5.53. The summed E-state index contributed by atoms with van der Waals surface area (Å²) in [5, 5.41) is 18.8. The van der Waals surface area contributed by atoms with Crippen molar-refractivity contribution in [3.05, 3.63) is 69.1 Å². The van der Waals surface area contributed by atoms with Crippen molar-refractivity contribution in [1.29, 1.82) is 0 Å². The maximum absolute atomic E-state index is 12.9. The summed E-state index contributed by atoms with van der Waals surface area (Å²) in [6.07, 6.45) is 1.59. The van der Waals surface area contributed by atoms with E-state index >= 15 is 0 Å². The largest absolute Gasteiger partial charge is 0.296 e. The van der Waals surface area contributed by atoms with Crippen LogP contribution in [0, 0.1) is 0 Å². The van der Waals surface area contributed by atoms with Crippen LogP contribution in [0.1, 0.15) is 40.7 Å². The first-order valence-electron chi connectivity index (χ1n) is 9.15. The number of carbonyl (C=O) groups excluding carboxylic acids is 1. The van der Waals surface area contributed by atoms with E-state index in [-0.39, 0.29) is 11.8 Å². The summed E-state index contributed by atoms with van der Waals surface area (Å²) in [7, 11) is 0. The molecule has 30 heavy (non-hydrogen) atoms. The van der Waals surface area contributed by atoms with E-state index in [1.165, 1.54) is 16.2 Å². The molecule has 0 spiro atoms. The Bertz CT molecular complexity index is 1140. The molecule has 0 radical (unpaired) electrons. The number of amides is 1. The first kappa shape index (κ1) is 21.0. The number of thioether (sulfide) groups is 1. The summed E-state index contributed by atoms with van der Waals surface area (Å²) in [5.41, 5.74) is 2.19. The molecule has 0 saturated heterocycles. The van der Waals surface area contributed by atoms with E-state index in [1.807, 2.05) is 32.0 Å². The lowest BCUT2D eigenvalue weighted by molar-refractivity contribution is 0.102. The number of thiophene rings is 1. The molecule has 0 aliphatic carbocycles. The molecule has 1 N–H and O–H groups in total. The van der Waals surface area contributed by atoms with Gasteiger partial charge in [-0.2, -0.15) is 5.10 Å². The summed E-state index contributed by atoms with van der Waals surface area (Å²) in [5.74, 6) is 0.686. The molecule has 0 unspecified atom stereocenters. The van der Waals surface area contributed by atoms with Crippen LogP contribution in [0.25, 0.3) is 5.69 Å². The third-order valence-corrected chi connectivity index (χ3v) is 7.55. The molecule has 3 aromatic heterocycles. The second-order valence-corrected chi connectivity index (χ2v) is 10.4. The molecule has 1 amide bonds. The Hall–Kier alpha value is -2.20. The van der Waals surface area contributed by atoms with Crippen molar-refractivity contribution < 1.29 is 4.79 Å². The molecule has 4 aromatic rings. The molecule has 3 heterocycles. The SMILES string of the molecule is CC(C)c1c(C(=O)Nc2nnc(SCc3cccs3)s2)cnn1-c1ccc(Cl)cc1. The van der Waals surface area contributed by atoms with Crippen LogP contribution in [-0.2, 0) is 5.75 Å². The Morgan fingerprint density at radius 3 is 2.73 bits per heavy atom. The monoisotopic (exact) mass is 475 g/mol. The van der Waals surface area contributed by atoms with E-state index in [0.29, 0.717) is 15.7 Å². The van der Waals surface area contributed by atoms with Crippen LogP contribution in [0.15, 0.2) is 52.3 Å². The van der Waals surface area contributed by atoms with Crippen LogP contribution in [0.4, 0.5) is 5.13 Å². The topological polar surface area (TPSA) is 72.7 Å². The van der Waals surface area contributed by atoms with Crippen LogP contribution in [0.3, 0.4) is 0 Å². The van der Waals surface area contributed by atoms with Crippen LogP contribution < -0.4 is 5.32 Å². The maximum Gasteiger partial charge on any atom is 0.260 e. The van der Waals surface area contributed by atoms with Crippen molar-refractivity contribution in [3.63, 3.8) is 0 Å². The van der Waals surface area contributed by atoms with Crippen molar-refractivity contribution in [2.24, 2.45) is 0 Å². The Morgan fingerprint density at radius 1 is 1.23 bits per heavy atom. The molecule has 0 atom stereocenters. The quantitative estimate of drug-likeness (QED) is 0.258. The van der Waals surface area contributed by atoms with Gasteiger partial charge < -0.3 is 0 Å². The zero-order chi connectivity index (χ0) is 21.1. The smallest absolute Gasteiger partial charge is 0.260 e. The summed E-state index contributed by atoms with van der Waals surface area (Å²) < 4.78 is 2.60. The van der Waals surface area contributed by atoms with Crippen molar-refractivity contribution in [1.82, 2.24) is 20.0 Å². The van der Waals surface area contributed by atoms with Gasteiger partial charge in [-0.25, -0.2) is 4.68 Å². The Balaban J connectivity index is 1.50. The van der Waals surface area contributed by atoms with Crippen molar-refractivity contribution in [3.8, 4) is 5.69 Å². The van der Waals surface area contributed by atoms with Crippen LogP contribution >= 0.6 is 46.0 Å². The molecule has 0 saturated carbocycles. The number of halogens is 1. The highest BCUT2D eigenvalue weighted by Crippen LogP contribution is 2.30. The van der Waals surface area contributed by atoms with E-state index in [9.17, 15) is 4.79 Å².